The third-order valence-electron chi connectivity index (χ3n) is 2.57. The number of hydrogen-bond donors (Lipinski definition) is 2. The van der Waals surface area contributed by atoms with Crippen molar-refractivity contribution in [3.8, 4) is 0 Å². The normalized spacial score (nSPS) is 10.5. The molecule has 2 heterocycles. The second-order valence-corrected chi connectivity index (χ2v) is 5.91. The minimum absolute atomic E-state index is 0.780. The Morgan fingerprint density at radius 3 is 2.55 bits per heavy atom. The number of aromatic nitrogens is 3. The molecule has 0 aliphatic heterocycles. The standard InChI is InChI=1S/C13H19N5S2/c1-3-5-14-10-9-11(18-13(17-10)19-2)15-6-4-12-16-7-8-20-12/h7-9H,3-6H2,1-2H3,(H2,14,15,17,18). The van der Waals surface area contributed by atoms with Crippen molar-refractivity contribution in [3.63, 3.8) is 0 Å². The van der Waals surface area contributed by atoms with Crippen LogP contribution in [0.2, 0.25) is 0 Å². The zero-order valence-corrected chi connectivity index (χ0v) is 13.4. The number of thiazole rings is 1. The van der Waals surface area contributed by atoms with Gasteiger partial charge in [-0.15, -0.1) is 11.3 Å². The molecule has 2 N–H and O–H groups in total. The van der Waals surface area contributed by atoms with Gasteiger partial charge < -0.3 is 10.6 Å². The third-order valence-corrected chi connectivity index (χ3v) is 3.96. The summed E-state index contributed by atoms with van der Waals surface area (Å²) in [5.41, 5.74) is 0. The van der Waals surface area contributed by atoms with Crippen molar-refractivity contribution in [3.05, 3.63) is 22.7 Å². The molecule has 0 saturated heterocycles. The summed E-state index contributed by atoms with van der Waals surface area (Å²) < 4.78 is 0. The predicted molar refractivity (Wildman–Crippen MR) is 86.9 cm³/mol. The lowest BCUT2D eigenvalue weighted by Crippen LogP contribution is -2.09. The lowest BCUT2D eigenvalue weighted by atomic mass is 10.4. The quantitative estimate of drug-likeness (QED) is 0.577. The minimum atomic E-state index is 0.780. The van der Waals surface area contributed by atoms with Crippen LogP contribution in [0.25, 0.3) is 0 Å². The van der Waals surface area contributed by atoms with Gasteiger partial charge in [0.2, 0.25) is 0 Å². The van der Waals surface area contributed by atoms with Crippen LogP contribution >= 0.6 is 23.1 Å². The summed E-state index contributed by atoms with van der Waals surface area (Å²) in [6, 6.07) is 1.96. The molecule has 0 atom stereocenters. The summed E-state index contributed by atoms with van der Waals surface area (Å²) in [6.07, 6.45) is 5.81. The van der Waals surface area contributed by atoms with E-state index in [-0.39, 0.29) is 0 Å². The third kappa shape index (κ3) is 4.64. The van der Waals surface area contributed by atoms with Gasteiger partial charge in [-0.25, -0.2) is 15.0 Å². The highest BCUT2D eigenvalue weighted by atomic mass is 32.2. The molecule has 0 saturated carbocycles. The summed E-state index contributed by atoms with van der Waals surface area (Å²) in [5.74, 6) is 1.74. The average molecular weight is 309 g/mol. The van der Waals surface area contributed by atoms with E-state index >= 15 is 0 Å². The van der Waals surface area contributed by atoms with Gasteiger partial charge in [-0.1, -0.05) is 18.7 Å². The molecule has 0 aliphatic rings. The van der Waals surface area contributed by atoms with Gasteiger partial charge in [-0.2, -0.15) is 0 Å². The maximum atomic E-state index is 4.46. The second-order valence-electron chi connectivity index (χ2n) is 4.15. The molecule has 0 aromatic carbocycles. The fourth-order valence-electron chi connectivity index (χ4n) is 1.62. The first-order valence-electron chi connectivity index (χ1n) is 6.61. The van der Waals surface area contributed by atoms with Crippen molar-refractivity contribution in [1.29, 1.82) is 0 Å². The van der Waals surface area contributed by atoms with Crippen molar-refractivity contribution in [2.24, 2.45) is 0 Å². The van der Waals surface area contributed by atoms with Crippen molar-refractivity contribution in [2.45, 2.75) is 24.9 Å². The smallest absolute Gasteiger partial charge is 0.191 e. The van der Waals surface area contributed by atoms with E-state index in [1.807, 2.05) is 23.9 Å². The van der Waals surface area contributed by atoms with Crippen LogP contribution in [0.1, 0.15) is 18.4 Å². The Labute approximate surface area is 127 Å². The van der Waals surface area contributed by atoms with E-state index < -0.39 is 0 Å². The summed E-state index contributed by atoms with van der Waals surface area (Å²) in [5, 5.41) is 10.6. The minimum Gasteiger partial charge on any atom is -0.370 e. The molecule has 0 fully saturated rings. The molecule has 0 spiro atoms. The highest BCUT2D eigenvalue weighted by molar-refractivity contribution is 7.98. The van der Waals surface area contributed by atoms with Gasteiger partial charge in [0, 0.05) is 37.2 Å². The number of nitrogens with one attached hydrogen (secondary N) is 2. The van der Waals surface area contributed by atoms with Crippen molar-refractivity contribution in [2.75, 3.05) is 30.0 Å². The van der Waals surface area contributed by atoms with Gasteiger partial charge in [0.25, 0.3) is 0 Å². The van der Waals surface area contributed by atoms with E-state index in [0.717, 1.165) is 47.7 Å². The topological polar surface area (TPSA) is 62.7 Å². The van der Waals surface area contributed by atoms with Crippen LogP contribution in [0.15, 0.2) is 22.8 Å². The van der Waals surface area contributed by atoms with Crippen LogP contribution in [0.3, 0.4) is 0 Å². The molecule has 0 bridgehead atoms. The Balaban J connectivity index is 1.94. The maximum absolute atomic E-state index is 4.46. The van der Waals surface area contributed by atoms with E-state index in [0.29, 0.717) is 0 Å². The summed E-state index contributed by atoms with van der Waals surface area (Å²) >= 11 is 3.23. The molecule has 0 aliphatic carbocycles. The fourth-order valence-corrected chi connectivity index (χ4v) is 2.62. The molecule has 2 aromatic rings. The van der Waals surface area contributed by atoms with E-state index in [2.05, 4.69) is 32.5 Å². The Hall–Kier alpha value is -1.34. The van der Waals surface area contributed by atoms with Crippen LogP contribution in [-0.2, 0) is 6.42 Å². The van der Waals surface area contributed by atoms with Crippen molar-refractivity contribution in [1.82, 2.24) is 15.0 Å². The first-order chi connectivity index (χ1) is 9.81. The summed E-state index contributed by atoms with van der Waals surface area (Å²) in [7, 11) is 0. The number of nitrogens with zero attached hydrogens (tertiary/aromatic N) is 3. The van der Waals surface area contributed by atoms with E-state index in [1.165, 1.54) is 0 Å². The lowest BCUT2D eigenvalue weighted by molar-refractivity contribution is 0.914. The summed E-state index contributed by atoms with van der Waals surface area (Å²) in [6.45, 7) is 3.88. The summed E-state index contributed by atoms with van der Waals surface area (Å²) in [4.78, 5) is 13.2. The Morgan fingerprint density at radius 1 is 1.20 bits per heavy atom. The zero-order chi connectivity index (χ0) is 14.2. The highest BCUT2D eigenvalue weighted by Crippen LogP contribution is 2.17. The molecule has 2 aromatic heterocycles. The number of thioether (sulfide) groups is 1. The molecule has 20 heavy (non-hydrogen) atoms. The van der Waals surface area contributed by atoms with E-state index in [1.54, 1.807) is 23.1 Å². The van der Waals surface area contributed by atoms with Crippen LogP contribution in [-0.4, -0.2) is 34.3 Å². The van der Waals surface area contributed by atoms with Crippen LogP contribution in [0.4, 0.5) is 11.6 Å². The van der Waals surface area contributed by atoms with Crippen LogP contribution < -0.4 is 10.6 Å². The van der Waals surface area contributed by atoms with Crippen molar-refractivity contribution < 1.29 is 0 Å². The largest absolute Gasteiger partial charge is 0.370 e. The number of anilines is 2. The highest BCUT2D eigenvalue weighted by Gasteiger charge is 2.04. The lowest BCUT2D eigenvalue weighted by Gasteiger charge is -2.09. The number of hydrogen-bond acceptors (Lipinski definition) is 7. The molecule has 0 radical (unpaired) electrons. The van der Waals surface area contributed by atoms with Crippen LogP contribution in [0, 0.1) is 0 Å². The average Bonchev–Trinajstić information content (AvgIpc) is 2.98. The van der Waals surface area contributed by atoms with Gasteiger partial charge in [-0.05, 0) is 12.7 Å². The second kappa shape index (κ2) is 8.06. The monoisotopic (exact) mass is 309 g/mol. The molecule has 2 rings (SSSR count). The fraction of sp³-hybridized carbons (Fsp3) is 0.462. The molecule has 0 unspecified atom stereocenters. The van der Waals surface area contributed by atoms with Crippen LogP contribution in [0.5, 0.6) is 0 Å². The van der Waals surface area contributed by atoms with Gasteiger partial charge >= 0.3 is 0 Å². The molecule has 108 valence electrons. The maximum Gasteiger partial charge on any atom is 0.191 e. The Kier molecular flexibility index (Phi) is 6.07. The SMILES string of the molecule is CCCNc1cc(NCCc2nccs2)nc(SC)n1. The van der Waals surface area contributed by atoms with E-state index in [9.17, 15) is 0 Å². The molecule has 0 amide bonds. The van der Waals surface area contributed by atoms with Crippen molar-refractivity contribution >= 4 is 34.7 Å². The van der Waals surface area contributed by atoms with Gasteiger partial charge in [0.15, 0.2) is 5.16 Å². The Bertz CT molecular complexity index is 515. The molecule has 7 heteroatoms. The number of rotatable bonds is 8. The molecular weight excluding hydrogens is 290 g/mol. The van der Waals surface area contributed by atoms with E-state index in [4.69, 9.17) is 0 Å². The zero-order valence-electron chi connectivity index (χ0n) is 11.7. The first-order valence-corrected chi connectivity index (χ1v) is 8.71. The Morgan fingerprint density at radius 2 is 1.95 bits per heavy atom. The predicted octanol–water partition coefficient (Wildman–Crippen LogP) is 3.13. The van der Waals surface area contributed by atoms with Gasteiger partial charge in [-0.3, -0.25) is 0 Å². The molecular formula is C13H19N5S2. The molecule has 5 nitrogen and oxygen atoms in total. The van der Waals surface area contributed by atoms with Gasteiger partial charge in [0.05, 0.1) is 5.01 Å². The first kappa shape index (κ1) is 15.1. The van der Waals surface area contributed by atoms with Gasteiger partial charge in [0.1, 0.15) is 11.6 Å².